The minimum absolute atomic E-state index is 0.0272. The van der Waals surface area contributed by atoms with Gasteiger partial charge in [0.2, 0.25) is 11.8 Å². The Morgan fingerprint density at radius 1 is 1.18 bits per heavy atom. The number of carboxylic acids is 1. The summed E-state index contributed by atoms with van der Waals surface area (Å²) in [5.41, 5.74) is 8.99. The maximum atomic E-state index is 12.8. The molecule has 0 aliphatic rings. The molecule has 0 saturated carbocycles. The smallest absolute Gasteiger partial charge is 0.352 e. The average molecular weight is 487 g/mol. The van der Waals surface area contributed by atoms with Gasteiger partial charge in [-0.15, -0.1) is 0 Å². The molecule has 10 N–H and O–H groups in total. The Kier molecular flexibility index (Phi) is 10.6. The summed E-state index contributed by atoms with van der Waals surface area (Å²) in [4.78, 5) is 36.8. The van der Waals surface area contributed by atoms with E-state index < -0.39 is 52.7 Å². The summed E-state index contributed by atoms with van der Waals surface area (Å²) in [6, 6.07) is 0.189. The lowest BCUT2D eigenvalue weighted by atomic mass is 9.97. The normalized spacial score (nSPS) is 13.8. The molecule has 0 aliphatic heterocycles. The SMILES string of the molecule is CC(C)(O)[C@H](NC(=O)C[C@@H](N)CCCCN)C(=O)NC(=Cc1cc(O)c(Cl)c(O)c1)C(=O)O. The van der Waals surface area contributed by atoms with Crippen LogP contribution in [-0.2, 0) is 14.4 Å². The summed E-state index contributed by atoms with van der Waals surface area (Å²) in [5.74, 6) is -4.12. The Labute approximate surface area is 196 Å². The van der Waals surface area contributed by atoms with Crippen molar-refractivity contribution in [3.8, 4) is 11.5 Å². The largest absolute Gasteiger partial charge is 0.506 e. The molecule has 0 unspecified atom stereocenters. The van der Waals surface area contributed by atoms with Gasteiger partial charge in [0.1, 0.15) is 28.3 Å². The van der Waals surface area contributed by atoms with Crippen LogP contribution in [-0.4, -0.2) is 62.4 Å². The third kappa shape index (κ3) is 9.26. The topological polar surface area (TPSA) is 208 Å². The van der Waals surface area contributed by atoms with Gasteiger partial charge in [0.25, 0.3) is 0 Å². The van der Waals surface area contributed by atoms with Crippen LogP contribution in [0, 0.1) is 0 Å². The maximum absolute atomic E-state index is 12.8. The first-order valence-electron chi connectivity index (χ1n) is 10.2. The van der Waals surface area contributed by atoms with Gasteiger partial charge in [-0.3, -0.25) is 9.59 Å². The molecule has 0 bridgehead atoms. The van der Waals surface area contributed by atoms with Gasteiger partial charge in [-0.2, -0.15) is 0 Å². The van der Waals surface area contributed by atoms with Crippen molar-refractivity contribution in [3.05, 3.63) is 28.4 Å². The van der Waals surface area contributed by atoms with E-state index in [2.05, 4.69) is 10.6 Å². The Morgan fingerprint density at radius 2 is 1.76 bits per heavy atom. The van der Waals surface area contributed by atoms with Crippen molar-refractivity contribution in [2.75, 3.05) is 6.54 Å². The maximum Gasteiger partial charge on any atom is 0.352 e. The first-order chi connectivity index (χ1) is 15.3. The number of nitrogens with two attached hydrogens (primary N) is 2. The number of benzene rings is 1. The second kappa shape index (κ2) is 12.4. The van der Waals surface area contributed by atoms with Gasteiger partial charge in [0, 0.05) is 12.5 Å². The fourth-order valence-corrected chi connectivity index (χ4v) is 3.00. The van der Waals surface area contributed by atoms with Crippen LogP contribution < -0.4 is 22.1 Å². The number of unbranched alkanes of at least 4 members (excludes halogenated alkanes) is 1. The Morgan fingerprint density at radius 3 is 2.24 bits per heavy atom. The molecule has 0 heterocycles. The van der Waals surface area contributed by atoms with Crippen molar-refractivity contribution in [2.45, 2.75) is 57.2 Å². The zero-order valence-corrected chi connectivity index (χ0v) is 19.2. The highest BCUT2D eigenvalue weighted by molar-refractivity contribution is 6.33. The van der Waals surface area contributed by atoms with E-state index in [4.69, 9.17) is 23.1 Å². The van der Waals surface area contributed by atoms with Crippen LogP contribution in [0.1, 0.15) is 45.1 Å². The lowest BCUT2D eigenvalue weighted by Gasteiger charge is -2.29. The van der Waals surface area contributed by atoms with Gasteiger partial charge in [-0.25, -0.2) is 4.79 Å². The summed E-state index contributed by atoms with van der Waals surface area (Å²) >= 11 is 5.66. The summed E-state index contributed by atoms with van der Waals surface area (Å²) in [5, 5.41) is 43.4. The molecule has 2 amide bonds. The van der Waals surface area contributed by atoms with Crippen molar-refractivity contribution in [3.63, 3.8) is 0 Å². The molecule has 12 heteroatoms. The third-order valence-electron chi connectivity index (χ3n) is 4.61. The number of carbonyl (C=O) groups is 3. The number of hydrogen-bond donors (Lipinski definition) is 8. The van der Waals surface area contributed by atoms with Crippen molar-refractivity contribution < 1.29 is 34.8 Å². The highest BCUT2D eigenvalue weighted by atomic mass is 35.5. The lowest BCUT2D eigenvalue weighted by Crippen LogP contribution is -2.58. The number of hydrogen-bond acceptors (Lipinski definition) is 8. The summed E-state index contributed by atoms with van der Waals surface area (Å²) < 4.78 is 0. The number of aliphatic hydroxyl groups is 1. The number of halogens is 1. The number of amides is 2. The van der Waals surface area contributed by atoms with Gasteiger partial charge in [-0.05, 0) is 57.0 Å². The van der Waals surface area contributed by atoms with E-state index in [1.54, 1.807) is 0 Å². The van der Waals surface area contributed by atoms with Gasteiger partial charge in [-0.1, -0.05) is 18.0 Å². The third-order valence-corrected chi connectivity index (χ3v) is 4.99. The Hall–Kier alpha value is -2.86. The molecule has 184 valence electrons. The standard InChI is InChI=1S/C21H31ClN4O7/c1-21(2,33)18(26-16(29)10-12(24)5-3-4-6-23)19(30)25-13(20(31)32)7-11-8-14(27)17(22)15(28)9-11/h7-9,12,18,27-28,33H,3-6,10,23-24H2,1-2H3,(H,25,30)(H,26,29)(H,31,32)/t12-,18+/m0/s1. The summed E-state index contributed by atoms with van der Waals surface area (Å²) in [6.45, 7) is 3.06. The Bertz CT molecular complexity index is 876. The zero-order chi connectivity index (χ0) is 25.3. The molecule has 0 saturated heterocycles. The van der Waals surface area contributed by atoms with Gasteiger partial charge >= 0.3 is 5.97 Å². The van der Waals surface area contributed by atoms with E-state index in [0.717, 1.165) is 31.1 Å². The van der Waals surface area contributed by atoms with E-state index in [9.17, 15) is 34.8 Å². The quantitative estimate of drug-likeness (QED) is 0.151. The predicted molar refractivity (Wildman–Crippen MR) is 122 cm³/mol. The summed E-state index contributed by atoms with van der Waals surface area (Å²) in [7, 11) is 0. The number of aromatic hydroxyl groups is 2. The highest BCUT2D eigenvalue weighted by Crippen LogP contribution is 2.34. The second-order valence-electron chi connectivity index (χ2n) is 8.13. The highest BCUT2D eigenvalue weighted by Gasteiger charge is 2.36. The van der Waals surface area contributed by atoms with Crippen molar-refractivity contribution >= 4 is 35.5 Å². The second-order valence-corrected chi connectivity index (χ2v) is 8.51. The monoisotopic (exact) mass is 486 g/mol. The molecule has 0 fully saturated rings. The fraction of sp³-hybridized carbons (Fsp3) is 0.476. The van der Waals surface area contributed by atoms with Crippen LogP contribution in [0.4, 0.5) is 0 Å². The number of carbonyl (C=O) groups excluding carboxylic acids is 2. The molecule has 1 rings (SSSR count). The van der Waals surface area contributed by atoms with E-state index in [0.29, 0.717) is 13.0 Å². The van der Waals surface area contributed by atoms with Gasteiger partial charge < -0.3 is 42.5 Å². The molecule has 2 atom stereocenters. The number of phenols is 2. The number of nitrogens with one attached hydrogen (secondary N) is 2. The first-order valence-corrected chi connectivity index (χ1v) is 10.6. The van der Waals surface area contributed by atoms with Crippen LogP contribution in [0.2, 0.25) is 5.02 Å². The van der Waals surface area contributed by atoms with Crippen molar-refractivity contribution in [2.24, 2.45) is 11.5 Å². The Balaban J connectivity index is 3.01. The average Bonchev–Trinajstić information content (AvgIpc) is 2.68. The van der Waals surface area contributed by atoms with E-state index in [1.807, 2.05) is 0 Å². The van der Waals surface area contributed by atoms with E-state index in [-0.39, 0.29) is 17.0 Å². The molecule has 0 spiro atoms. The van der Waals surface area contributed by atoms with Gasteiger partial charge in [0.15, 0.2) is 0 Å². The molecule has 33 heavy (non-hydrogen) atoms. The minimum atomic E-state index is -1.75. The molecule has 0 aliphatic carbocycles. The number of aliphatic carboxylic acids is 1. The first kappa shape index (κ1) is 28.2. The lowest BCUT2D eigenvalue weighted by molar-refractivity contribution is -0.137. The summed E-state index contributed by atoms with van der Waals surface area (Å²) in [6.07, 6.45) is 2.92. The predicted octanol–water partition coefficient (Wildman–Crippen LogP) is 0.395. The van der Waals surface area contributed by atoms with Crippen molar-refractivity contribution in [1.82, 2.24) is 10.6 Å². The van der Waals surface area contributed by atoms with E-state index >= 15 is 0 Å². The molecule has 1 aromatic carbocycles. The van der Waals surface area contributed by atoms with Crippen LogP contribution in [0.25, 0.3) is 6.08 Å². The van der Waals surface area contributed by atoms with Crippen LogP contribution in [0.3, 0.4) is 0 Å². The van der Waals surface area contributed by atoms with Gasteiger partial charge in [0.05, 0.1) is 5.60 Å². The number of carboxylic acid groups (broad SMARTS) is 1. The molecular weight excluding hydrogens is 456 g/mol. The number of phenolic OH excluding ortho intramolecular Hbond substituents is 2. The minimum Gasteiger partial charge on any atom is -0.506 e. The number of rotatable bonds is 12. The molecular formula is C21H31ClN4O7. The zero-order valence-electron chi connectivity index (χ0n) is 18.5. The van der Waals surface area contributed by atoms with Crippen molar-refractivity contribution in [1.29, 1.82) is 0 Å². The fourth-order valence-electron chi connectivity index (χ4n) is 2.90. The molecule has 0 radical (unpaired) electrons. The molecule has 0 aromatic heterocycles. The van der Waals surface area contributed by atoms with Crippen LogP contribution in [0.5, 0.6) is 11.5 Å². The van der Waals surface area contributed by atoms with Crippen LogP contribution >= 0.6 is 11.6 Å². The van der Waals surface area contributed by atoms with Crippen LogP contribution in [0.15, 0.2) is 17.8 Å². The van der Waals surface area contributed by atoms with E-state index in [1.165, 1.54) is 13.8 Å². The molecule has 1 aromatic rings. The molecule has 11 nitrogen and oxygen atoms in total.